The zero-order valence-electron chi connectivity index (χ0n) is 14.6. The molecule has 0 aliphatic carbocycles. The highest BCUT2D eigenvalue weighted by molar-refractivity contribution is 9.10. The largest absolute Gasteiger partial charge is 0.440 e. The molecule has 1 amide bonds. The van der Waals surface area contributed by atoms with Gasteiger partial charge >= 0.3 is 0 Å². The minimum absolute atomic E-state index is 0.0357. The second-order valence-electron chi connectivity index (χ2n) is 6.62. The standard InChI is InChI=1S/C21H18BrClN2O2/c22-17-4-2-1-3-14(17)5-8-20(26)25-11-9-15(10-12-25)21-24-18-13-16(23)6-7-19(18)27-21/h1-8,13,15H,9-12H2. The maximum absolute atomic E-state index is 12.5. The molecule has 0 atom stereocenters. The van der Waals surface area contributed by atoms with Crippen molar-refractivity contribution in [1.29, 1.82) is 0 Å². The number of carbonyl (C=O) groups is 1. The number of rotatable bonds is 3. The summed E-state index contributed by atoms with van der Waals surface area (Å²) in [6, 6.07) is 13.3. The first-order chi connectivity index (χ1) is 13.1. The van der Waals surface area contributed by atoms with Crippen molar-refractivity contribution in [2.75, 3.05) is 13.1 Å². The summed E-state index contributed by atoms with van der Waals surface area (Å²) in [6.45, 7) is 1.40. The van der Waals surface area contributed by atoms with Crippen molar-refractivity contribution in [3.05, 3.63) is 69.5 Å². The number of amides is 1. The van der Waals surface area contributed by atoms with Gasteiger partial charge in [0.15, 0.2) is 11.5 Å². The molecule has 2 heterocycles. The maximum atomic E-state index is 12.5. The van der Waals surface area contributed by atoms with Gasteiger partial charge in [-0.1, -0.05) is 45.7 Å². The first-order valence-corrected chi connectivity index (χ1v) is 10.0. The van der Waals surface area contributed by atoms with E-state index in [1.807, 2.05) is 47.4 Å². The number of likely N-dealkylation sites (tertiary alicyclic amines) is 1. The van der Waals surface area contributed by atoms with Crippen molar-refractivity contribution >= 4 is 50.6 Å². The van der Waals surface area contributed by atoms with Crippen LogP contribution in [0.15, 0.2) is 57.4 Å². The van der Waals surface area contributed by atoms with E-state index in [2.05, 4.69) is 20.9 Å². The van der Waals surface area contributed by atoms with Gasteiger partial charge in [-0.05, 0) is 48.7 Å². The fourth-order valence-electron chi connectivity index (χ4n) is 3.32. The van der Waals surface area contributed by atoms with Crippen LogP contribution in [0.5, 0.6) is 0 Å². The average Bonchev–Trinajstić information content (AvgIpc) is 3.10. The molecular weight excluding hydrogens is 428 g/mol. The van der Waals surface area contributed by atoms with E-state index in [1.54, 1.807) is 12.1 Å². The van der Waals surface area contributed by atoms with Gasteiger partial charge in [-0.3, -0.25) is 4.79 Å². The van der Waals surface area contributed by atoms with Gasteiger partial charge in [0.2, 0.25) is 5.91 Å². The van der Waals surface area contributed by atoms with E-state index >= 15 is 0 Å². The number of halogens is 2. The molecule has 2 aromatic carbocycles. The quantitative estimate of drug-likeness (QED) is 0.488. The van der Waals surface area contributed by atoms with Gasteiger partial charge in [0.25, 0.3) is 0 Å². The van der Waals surface area contributed by atoms with Crippen molar-refractivity contribution in [2.24, 2.45) is 0 Å². The van der Waals surface area contributed by atoms with Crippen LogP contribution in [-0.2, 0) is 4.79 Å². The Hall–Kier alpha value is -2.11. The fraction of sp³-hybridized carbons (Fsp3) is 0.238. The van der Waals surface area contributed by atoms with Gasteiger partial charge < -0.3 is 9.32 Å². The van der Waals surface area contributed by atoms with E-state index in [1.165, 1.54) is 0 Å². The number of carbonyl (C=O) groups excluding carboxylic acids is 1. The summed E-state index contributed by atoms with van der Waals surface area (Å²) in [7, 11) is 0. The molecule has 6 heteroatoms. The molecule has 4 rings (SSSR count). The molecule has 1 aliphatic rings. The van der Waals surface area contributed by atoms with E-state index in [-0.39, 0.29) is 11.8 Å². The van der Waals surface area contributed by atoms with Gasteiger partial charge in [-0.2, -0.15) is 0 Å². The molecule has 1 aliphatic heterocycles. The lowest BCUT2D eigenvalue weighted by atomic mass is 9.96. The Kier molecular flexibility index (Phi) is 5.32. The lowest BCUT2D eigenvalue weighted by molar-refractivity contribution is -0.127. The highest BCUT2D eigenvalue weighted by Crippen LogP contribution is 2.31. The normalized spacial score (nSPS) is 15.7. The molecule has 0 bridgehead atoms. The SMILES string of the molecule is O=C(C=Cc1ccccc1Br)N1CCC(c2nc3cc(Cl)ccc3o2)CC1. The zero-order valence-corrected chi connectivity index (χ0v) is 16.9. The fourth-order valence-corrected chi connectivity index (χ4v) is 3.90. The minimum Gasteiger partial charge on any atom is -0.440 e. The summed E-state index contributed by atoms with van der Waals surface area (Å²) in [5.41, 5.74) is 2.53. The first kappa shape index (κ1) is 18.3. The lowest BCUT2D eigenvalue weighted by Gasteiger charge is -2.29. The van der Waals surface area contributed by atoms with Crippen LogP contribution in [0.3, 0.4) is 0 Å². The van der Waals surface area contributed by atoms with Crippen LogP contribution >= 0.6 is 27.5 Å². The lowest BCUT2D eigenvalue weighted by Crippen LogP contribution is -2.36. The number of benzene rings is 2. The average molecular weight is 446 g/mol. The molecular formula is C21H18BrClN2O2. The molecule has 1 aromatic heterocycles. The summed E-state index contributed by atoms with van der Waals surface area (Å²) in [5, 5.41) is 0.652. The third-order valence-corrected chi connectivity index (χ3v) is 5.79. The van der Waals surface area contributed by atoms with E-state index in [0.717, 1.165) is 39.9 Å². The molecule has 3 aromatic rings. The Morgan fingerprint density at radius 2 is 2.00 bits per heavy atom. The van der Waals surface area contributed by atoms with Crippen LogP contribution < -0.4 is 0 Å². The van der Waals surface area contributed by atoms with Crippen LogP contribution in [-0.4, -0.2) is 28.9 Å². The number of nitrogens with zero attached hydrogens (tertiary/aromatic N) is 2. The third-order valence-electron chi connectivity index (χ3n) is 4.83. The molecule has 1 fully saturated rings. The Bertz CT molecular complexity index is 1010. The molecule has 138 valence electrons. The number of fused-ring (bicyclic) bond motifs is 1. The van der Waals surface area contributed by atoms with Crippen molar-refractivity contribution in [3.8, 4) is 0 Å². The second kappa shape index (κ2) is 7.87. The van der Waals surface area contributed by atoms with Crippen LogP contribution in [0, 0.1) is 0 Å². The summed E-state index contributed by atoms with van der Waals surface area (Å²) < 4.78 is 6.86. The summed E-state index contributed by atoms with van der Waals surface area (Å²) >= 11 is 9.51. The third kappa shape index (κ3) is 4.09. The van der Waals surface area contributed by atoms with Crippen LogP contribution in [0.25, 0.3) is 17.2 Å². The van der Waals surface area contributed by atoms with Crippen molar-refractivity contribution in [3.63, 3.8) is 0 Å². The Balaban J connectivity index is 1.39. The molecule has 0 radical (unpaired) electrons. The van der Waals surface area contributed by atoms with E-state index in [0.29, 0.717) is 18.1 Å². The monoisotopic (exact) mass is 444 g/mol. The first-order valence-electron chi connectivity index (χ1n) is 8.87. The summed E-state index contributed by atoms with van der Waals surface area (Å²) in [4.78, 5) is 18.9. The highest BCUT2D eigenvalue weighted by atomic mass is 79.9. The molecule has 0 spiro atoms. The van der Waals surface area contributed by atoms with Gasteiger partial charge in [0, 0.05) is 34.6 Å². The Morgan fingerprint density at radius 1 is 1.22 bits per heavy atom. The molecule has 1 saturated heterocycles. The zero-order chi connectivity index (χ0) is 18.8. The molecule has 0 unspecified atom stereocenters. The highest BCUT2D eigenvalue weighted by Gasteiger charge is 2.26. The number of oxazole rings is 1. The molecule has 4 nitrogen and oxygen atoms in total. The second-order valence-corrected chi connectivity index (χ2v) is 7.91. The van der Waals surface area contributed by atoms with Crippen LogP contribution in [0.1, 0.15) is 30.2 Å². The summed E-state index contributed by atoms with van der Waals surface area (Å²) in [6.07, 6.45) is 5.18. The summed E-state index contributed by atoms with van der Waals surface area (Å²) in [5.74, 6) is 1.00. The number of hydrogen-bond donors (Lipinski definition) is 0. The molecule has 27 heavy (non-hydrogen) atoms. The predicted molar refractivity (Wildman–Crippen MR) is 111 cm³/mol. The van der Waals surface area contributed by atoms with E-state index < -0.39 is 0 Å². The predicted octanol–water partition coefficient (Wildman–Crippen LogP) is 5.66. The minimum atomic E-state index is 0.0357. The van der Waals surface area contributed by atoms with Crippen molar-refractivity contribution in [1.82, 2.24) is 9.88 Å². The van der Waals surface area contributed by atoms with Crippen molar-refractivity contribution in [2.45, 2.75) is 18.8 Å². The molecule has 0 saturated carbocycles. The van der Waals surface area contributed by atoms with E-state index in [9.17, 15) is 4.79 Å². The van der Waals surface area contributed by atoms with Gasteiger partial charge in [-0.15, -0.1) is 0 Å². The number of hydrogen-bond acceptors (Lipinski definition) is 3. The van der Waals surface area contributed by atoms with Gasteiger partial charge in [-0.25, -0.2) is 4.98 Å². The van der Waals surface area contributed by atoms with Gasteiger partial charge in [0.1, 0.15) is 5.52 Å². The number of aromatic nitrogens is 1. The van der Waals surface area contributed by atoms with Crippen LogP contribution in [0.2, 0.25) is 5.02 Å². The van der Waals surface area contributed by atoms with E-state index in [4.69, 9.17) is 16.0 Å². The van der Waals surface area contributed by atoms with Crippen molar-refractivity contribution < 1.29 is 9.21 Å². The molecule has 0 N–H and O–H groups in total. The van der Waals surface area contributed by atoms with Crippen LogP contribution in [0.4, 0.5) is 0 Å². The Labute approximate surface area is 171 Å². The Morgan fingerprint density at radius 3 is 2.78 bits per heavy atom. The maximum Gasteiger partial charge on any atom is 0.246 e. The van der Waals surface area contributed by atoms with Gasteiger partial charge in [0.05, 0.1) is 0 Å². The number of piperidine rings is 1. The topological polar surface area (TPSA) is 46.3 Å². The smallest absolute Gasteiger partial charge is 0.246 e.